The molecule has 120 valence electrons. The zero-order valence-electron chi connectivity index (χ0n) is 12.4. The van der Waals surface area contributed by atoms with Crippen molar-refractivity contribution in [2.24, 2.45) is 5.73 Å². The lowest BCUT2D eigenvalue weighted by molar-refractivity contribution is -0.137. The van der Waals surface area contributed by atoms with Crippen LogP contribution in [0.1, 0.15) is 6.42 Å². The third kappa shape index (κ3) is 4.14. The van der Waals surface area contributed by atoms with Gasteiger partial charge in [-0.1, -0.05) is 36.4 Å². The summed E-state index contributed by atoms with van der Waals surface area (Å²) in [5.41, 5.74) is 8.25. The number of hydrogen-bond donors (Lipinski definition) is 1. The van der Waals surface area contributed by atoms with Gasteiger partial charge in [-0.15, -0.1) is 0 Å². The molecule has 2 aromatic carbocycles. The van der Waals surface area contributed by atoms with Crippen molar-refractivity contribution in [3.05, 3.63) is 60.7 Å². The Bertz CT molecular complexity index is 651. The Morgan fingerprint density at radius 2 is 1.57 bits per heavy atom. The summed E-state index contributed by atoms with van der Waals surface area (Å²) in [6.45, 7) is 0.473. The topological polar surface area (TPSA) is 55.3 Å². The quantitative estimate of drug-likeness (QED) is 0.342. The smallest absolute Gasteiger partial charge is 0.319 e. The van der Waals surface area contributed by atoms with Crippen LogP contribution in [0.15, 0.2) is 60.7 Å². The monoisotopic (exact) mass is 392 g/mol. The predicted octanol–water partition coefficient (Wildman–Crippen LogP) is -0.111. The Morgan fingerprint density at radius 3 is 2.00 bits per heavy atom. The van der Waals surface area contributed by atoms with E-state index in [9.17, 15) is 4.79 Å². The highest BCUT2D eigenvalue weighted by Crippen LogP contribution is 2.26. The number of esters is 1. The number of benzene rings is 2. The number of nitrogens with two attached hydrogens (primary N) is 1. The van der Waals surface area contributed by atoms with Crippen molar-refractivity contribution in [2.75, 3.05) is 6.61 Å². The van der Waals surface area contributed by atoms with Crippen LogP contribution in [0.25, 0.3) is 0 Å². The molecule has 0 aliphatic carbocycles. The van der Waals surface area contributed by atoms with Crippen LogP contribution in [0.5, 0.6) is 0 Å². The van der Waals surface area contributed by atoms with Crippen LogP contribution >= 0.6 is 11.8 Å². The summed E-state index contributed by atoms with van der Waals surface area (Å²) in [5.74, 6) is -0.186. The number of rotatable bonds is 3. The molecule has 0 amide bonds. The average molecular weight is 393 g/mol. The van der Waals surface area contributed by atoms with Gasteiger partial charge in [-0.2, -0.15) is 4.58 Å². The van der Waals surface area contributed by atoms with E-state index in [2.05, 4.69) is 0 Å². The summed E-state index contributed by atoms with van der Waals surface area (Å²) >= 11 is 1.36. The number of cyclic esters (lactones) is 1. The summed E-state index contributed by atoms with van der Waals surface area (Å²) in [6, 6.07) is 19.8. The highest BCUT2D eigenvalue weighted by molar-refractivity contribution is 8.14. The van der Waals surface area contributed by atoms with Crippen LogP contribution in [0.4, 0.5) is 11.4 Å². The SMILES string of the molecule is NC(SC1CCOC1=O)=[N+](c1ccccc1)c1ccccc1.[Br-]. The number of carbonyl (C=O) groups is 1. The molecule has 4 nitrogen and oxygen atoms in total. The Kier molecular flexibility index (Phi) is 6.24. The van der Waals surface area contributed by atoms with Crippen molar-refractivity contribution >= 4 is 34.3 Å². The molecule has 0 spiro atoms. The van der Waals surface area contributed by atoms with E-state index in [4.69, 9.17) is 10.5 Å². The summed E-state index contributed by atoms with van der Waals surface area (Å²) in [5, 5.41) is 0.344. The first kappa shape index (κ1) is 17.6. The molecule has 1 fully saturated rings. The number of carbonyl (C=O) groups excluding carboxylic acids is 1. The molecule has 0 saturated carbocycles. The van der Waals surface area contributed by atoms with E-state index < -0.39 is 0 Å². The second-order valence-electron chi connectivity index (χ2n) is 4.91. The molecule has 1 heterocycles. The van der Waals surface area contributed by atoms with Gasteiger partial charge < -0.3 is 21.7 Å². The summed E-state index contributed by atoms with van der Waals surface area (Å²) < 4.78 is 6.96. The largest absolute Gasteiger partial charge is 1.00 e. The van der Waals surface area contributed by atoms with E-state index in [0.29, 0.717) is 18.2 Å². The molecule has 23 heavy (non-hydrogen) atoms. The minimum Gasteiger partial charge on any atom is -1.00 e. The van der Waals surface area contributed by atoms with Gasteiger partial charge in [-0.05, 0) is 36.0 Å². The lowest BCUT2D eigenvalue weighted by Gasteiger charge is -2.10. The lowest BCUT2D eigenvalue weighted by Crippen LogP contribution is -3.00. The van der Waals surface area contributed by atoms with Gasteiger partial charge in [-0.3, -0.25) is 10.5 Å². The van der Waals surface area contributed by atoms with E-state index >= 15 is 0 Å². The Morgan fingerprint density at radius 1 is 1.04 bits per heavy atom. The molecule has 0 bridgehead atoms. The molecular formula is C17H17BrN2O2S. The third-order valence-corrected chi connectivity index (χ3v) is 4.54. The minimum absolute atomic E-state index is 0. The number of halogens is 1. The van der Waals surface area contributed by atoms with E-state index in [1.54, 1.807) is 0 Å². The second kappa shape index (κ2) is 8.17. The fourth-order valence-corrected chi connectivity index (χ4v) is 3.33. The van der Waals surface area contributed by atoms with Crippen molar-refractivity contribution < 1.29 is 26.5 Å². The molecule has 2 N–H and O–H groups in total. The first-order chi connectivity index (χ1) is 10.8. The third-order valence-electron chi connectivity index (χ3n) is 3.40. The van der Waals surface area contributed by atoms with Gasteiger partial charge in [0.15, 0.2) is 0 Å². The first-order valence-electron chi connectivity index (χ1n) is 7.11. The van der Waals surface area contributed by atoms with E-state index in [-0.39, 0.29) is 28.2 Å². The van der Waals surface area contributed by atoms with E-state index in [0.717, 1.165) is 11.4 Å². The number of nitrogens with zero attached hydrogens (tertiary/aromatic N) is 1. The fourth-order valence-electron chi connectivity index (χ4n) is 2.34. The molecular weight excluding hydrogens is 376 g/mol. The molecule has 1 saturated heterocycles. The van der Waals surface area contributed by atoms with Crippen molar-refractivity contribution in [3.63, 3.8) is 0 Å². The average Bonchev–Trinajstić information content (AvgIpc) is 2.95. The van der Waals surface area contributed by atoms with E-state index in [1.807, 2.05) is 65.2 Å². The maximum Gasteiger partial charge on any atom is 0.319 e. The zero-order valence-corrected chi connectivity index (χ0v) is 14.8. The van der Waals surface area contributed by atoms with Gasteiger partial charge >= 0.3 is 11.1 Å². The van der Waals surface area contributed by atoms with Crippen LogP contribution in [0, 0.1) is 0 Å². The van der Waals surface area contributed by atoms with Gasteiger partial charge in [-0.25, -0.2) is 0 Å². The maximum atomic E-state index is 11.7. The van der Waals surface area contributed by atoms with Crippen LogP contribution in [-0.4, -0.2) is 23.0 Å². The number of thioether (sulfide) groups is 1. The molecule has 0 radical (unpaired) electrons. The molecule has 1 aliphatic rings. The molecule has 1 unspecified atom stereocenters. The van der Waals surface area contributed by atoms with Crippen LogP contribution in [0.2, 0.25) is 0 Å². The first-order valence-corrected chi connectivity index (χ1v) is 7.99. The van der Waals surface area contributed by atoms with Crippen molar-refractivity contribution in [1.29, 1.82) is 0 Å². The Balaban J connectivity index is 0.00000192. The predicted molar refractivity (Wildman–Crippen MR) is 90.5 cm³/mol. The Labute approximate surface area is 150 Å². The lowest BCUT2D eigenvalue weighted by atomic mass is 10.2. The fraction of sp³-hybridized carbons (Fsp3) is 0.176. The number of para-hydroxylation sites is 2. The van der Waals surface area contributed by atoms with E-state index in [1.165, 1.54) is 11.8 Å². The second-order valence-corrected chi connectivity index (χ2v) is 6.13. The number of ether oxygens (including phenoxy) is 1. The number of amidine groups is 1. The molecule has 0 aromatic heterocycles. The van der Waals surface area contributed by atoms with Crippen molar-refractivity contribution in [2.45, 2.75) is 11.7 Å². The molecule has 6 heteroatoms. The summed E-state index contributed by atoms with van der Waals surface area (Å²) in [7, 11) is 0. The van der Waals surface area contributed by atoms with Gasteiger partial charge in [0.05, 0.1) is 6.61 Å². The molecule has 1 atom stereocenters. The van der Waals surface area contributed by atoms with Crippen molar-refractivity contribution in [1.82, 2.24) is 4.58 Å². The van der Waals surface area contributed by atoms with Gasteiger partial charge in [0, 0.05) is 6.42 Å². The minimum atomic E-state index is -0.227. The Hall–Kier alpha value is -1.79. The zero-order chi connectivity index (χ0) is 15.4. The van der Waals surface area contributed by atoms with Gasteiger partial charge in [0.1, 0.15) is 16.6 Å². The highest BCUT2D eigenvalue weighted by Gasteiger charge is 2.31. The normalized spacial score (nSPS) is 16.3. The van der Waals surface area contributed by atoms with Crippen LogP contribution < -0.4 is 27.3 Å². The van der Waals surface area contributed by atoms with Crippen molar-refractivity contribution in [3.8, 4) is 0 Å². The van der Waals surface area contributed by atoms with Gasteiger partial charge in [0.2, 0.25) is 0 Å². The molecule has 1 aliphatic heterocycles. The summed E-state index contributed by atoms with van der Waals surface area (Å²) in [4.78, 5) is 11.7. The van der Waals surface area contributed by atoms with Gasteiger partial charge in [0.25, 0.3) is 0 Å². The summed E-state index contributed by atoms with van der Waals surface area (Å²) in [6.07, 6.45) is 0.696. The highest BCUT2D eigenvalue weighted by atomic mass is 79.9. The maximum absolute atomic E-state index is 11.7. The number of hydrogen-bond acceptors (Lipinski definition) is 3. The molecule has 3 rings (SSSR count). The molecule has 2 aromatic rings. The van der Waals surface area contributed by atoms with Crippen LogP contribution in [0.3, 0.4) is 0 Å². The van der Waals surface area contributed by atoms with Crippen LogP contribution in [-0.2, 0) is 9.53 Å². The standard InChI is InChI=1S/C17H16N2O2S.BrH/c18-17(22-15-11-12-21-16(15)20)19(13-7-3-1-4-8-13)14-9-5-2-6-10-14;/h1-10,15,18H,11-12H2;1H.